The molecule has 1 aliphatic heterocycles. The van der Waals surface area contributed by atoms with E-state index in [9.17, 15) is 0 Å². The second-order valence-corrected chi connectivity index (χ2v) is 5.93. The van der Waals surface area contributed by atoms with Crippen LogP contribution >= 0.6 is 23.1 Å². The fourth-order valence-corrected chi connectivity index (χ4v) is 3.40. The van der Waals surface area contributed by atoms with Crippen LogP contribution in [0.15, 0.2) is 4.34 Å². The van der Waals surface area contributed by atoms with E-state index in [0.29, 0.717) is 5.25 Å². The summed E-state index contributed by atoms with van der Waals surface area (Å²) < 4.78 is 6.37. The Bertz CT molecular complexity index is 299. The summed E-state index contributed by atoms with van der Waals surface area (Å²) in [4.78, 5) is 0. The molecule has 84 valence electrons. The van der Waals surface area contributed by atoms with Crippen LogP contribution in [0.2, 0.25) is 0 Å². The third kappa shape index (κ3) is 3.32. The zero-order valence-electron chi connectivity index (χ0n) is 8.73. The smallest absolute Gasteiger partial charge is 0.206 e. The number of nitrogens with zero attached hydrogens (tertiary/aromatic N) is 2. The number of aromatic nitrogens is 2. The highest BCUT2D eigenvalue weighted by Crippen LogP contribution is 2.32. The molecular formula is C9H15N3OS2. The fraction of sp³-hybridized carbons (Fsp3) is 0.778. The molecule has 1 fully saturated rings. The van der Waals surface area contributed by atoms with E-state index in [4.69, 9.17) is 4.74 Å². The number of ether oxygens (including phenoxy) is 1. The molecule has 6 heteroatoms. The maximum atomic E-state index is 5.32. The Balaban J connectivity index is 1.83. The van der Waals surface area contributed by atoms with Gasteiger partial charge in [-0.05, 0) is 12.8 Å². The van der Waals surface area contributed by atoms with Gasteiger partial charge in [-0.25, -0.2) is 0 Å². The molecule has 0 aromatic carbocycles. The Morgan fingerprint density at radius 3 is 3.27 bits per heavy atom. The summed E-state index contributed by atoms with van der Waals surface area (Å²) in [7, 11) is 0. The van der Waals surface area contributed by atoms with Crippen LogP contribution in [0.25, 0.3) is 0 Å². The minimum absolute atomic E-state index is 0.567. The van der Waals surface area contributed by atoms with Gasteiger partial charge in [0, 0.05) is 18.4 Å². The summed E-state index contributed by atoms with van der Waals surface area (Å²) >= 11 is 3.42. The van der Waals surface area contributed by atoms with Crippen LogP contribution in [0, 0.1) is 0 Å². The number of hydrogen-bond donors (Lipinski definition) is 1. The third-order valence-corrected chi connectivity index (χ3v) is 4.29. The molecule has 1 aromatic rings. The van der Waals surface area contributed by atoms with Gasteiger partial charge in [0.15, 0.2) is 4.34 Å². The fourth-order valence-electron chi connectivity index (χ4n) is 1.31. The van der Waals surface area contributed by atoms with Gasteiger partial charge in [-0.2, -0.15) is 0 Å². The molecule has 0 bridgehead atoms. The van der Waals surface area contributed by atoms with Gasteiger partial charge in [-0.3, -0.25) is 0 Å². The Labute approximate surface area is 97.8 Å². The number of thioether (sulfide) groups is 1. The standard InChI is InChI=1S/C9H15N3OS2/c1-2-4-10-8-11-12-9(15-8)14-7-3-5-13-6-7/h7H,2-6H2,1H3,(H,10,11). The van der Waals surface area contributed by atoms with E-state index in [0.717, 1.165) is 42.1 Å². The third-order valence-electron chi connectivity index (χ3n) is 2.09. The lowest BCUT2D eigenvalue weighted by atomic mass is 10.4. The molecule has 2 rings (SSSR count). The van der Waals surface area contributed by atoms with Crippen molar-refractivity contribution in [1.82, 2.24) is 10.2 Å². The van der Waals surface area contributed by atoms with E-state index in [-0.39, 0.29) is 0 Å². The van der Waals surface area contributed by atoms with Gasteiger partial charge in [-0.15, -0.1) is 10.2 Å². The van der Waals surface area contributed by atoms with E-state index >= 15 is 0 Å². The molecule has 0 saturated carbocycles. The SMILES string of the molecule is CCCNc1nnc(SC2CCOC2)s1. The van der Waals surface area contributed by atoms with E-state index in [1.54, 1.807) is 23.1 Å². The van der Waals surface area contributed by atoms with Crippen molar-refractivity contribution >= 4 is 28.2 Å². The molecular weight excluding hydrogens is 230 g/mol. The zero-order chi connectivity index (χ0) is 10.5. The maximum absolute atomic E-state index is 5.32. The minimum Gasteiger partial charge on any atom is -0.380 e. The summed E-state index contributed by atoms with van der Waals surface area (Å²) in [6.07, 6.45) is 2.24. The molecule has 1 N–H and O–H groups in total. The van der Waals surface area contributed by atoms with Crippen molar-refractivity contribution < 1.29 is 4.74 Å². The summed E-state index contributed by atoms with van der Waals surface area (Å²) in [5.41, 5.74) is 0. The summed E-state index contributed by atoms with van der Waals surface area (Å²) in [5, 5.41) is 13.0. The molecule has 4 nitrogen and oxygen atoms in total. The number of anilines is 1. The van der Waals surface area contributed by atoms with Crippen molar-refractivity contribution in [3.63, 3.8) is 0 Å². The predicted molar refractivity (Wildman–Crippen MR) is 63.8 cm³/mol. The Morgan fingerprint density at radius 2 is 2.53 bits per heavy atom. The van der Waals surface area contributed by atoms with Gasteiger partial charge in [-0.1, -0.05) is 30.0 Å². The minimum atomic E-state index is 0.567. The average molecular weight is 245 g/mol. The topological polar surface area (TPSA) is 47.0 Å². The highest BCUT2D eigenvalue weighted by Gasteiger charge is 2.18. The van der Waals surface area contributed by atoms with Crippen molar-refractivity contribution in [2.75, 3.05) is 25.1 Å². The summed E-state index contributed by atoms with van der Waals surface area (Å²) in [6, 6.07) is 0. The van der Waals surface area contributed by atoms with Crippen molar-refractivity contribution in [1.29, 1.82) is 0 Å². The van der Waals surface area contributed by atoms with E-state index in [1.807, 2.05) is 0 Å². The largest absolute Gasteiger partial charge is 0.380 e. The molecule has 0 spiro atoms. The van der Waals surface area contributed by atoms with E-state index in [2.05, 4.69) is 22.4 Å². The summed E-state index contributed by atoms with van der Waals surface area (Å²) in [5.74, 6) is 0. The Kier molecular flexibility index (Phi) is 4.22. The van der Waals surface area contributed by atoms with Gasteiger partial charge in [0.05, 0.1) is 6.61 Å². The highest BCUT2D eigenvalue weighted by atomic mass is 32.2. The molecule has 1 unspecified atom stereocenters. The van der Waals surface area contributed by atoms with Crippen LogP contribution in [-0.4, -0.2) is 35.2 Å². The lowest BCUT2D eigenvalue weighted by molar-refractivity contribution is 0.199. The van der Waals surface area contributed by atoms with Gasteiger partial charge in [0.25, 0.3) is 0 Å². The monoisotopic (exact) mass is 245 g/mol. The predicted octanol–water partition coefficient (Wildman–Crippen LogP) is 2.24. The molecule has 15 heavy (non-hydrogen) atoms. The Morgan fingerprint density at radius 1 is 1.60 bits per heavy atom. The highest BCUT2D eigenvalue weighted by molar-refractivity contribution is 8.01. The normalized spacial score (nSPS) is 20.7. The first-order valence-electron chi connectivity index (χ1n) is 5.20. The molecule has 1 saturated heterocycles. The first kappa shape index (κ1) is 11.2. The van der Waals surface area contributed by atoms with Crippen LogP contribution in [0.1, 0.15) is 19.8 Å². The van der Waals surface area contributed by atoms with Gasteiger partial charge in [0.1, 0.15) is 0 Å². The van der Waals surface area contributed by atoms with E-state index < -0.39 is 0 Å². The van der Waals surface area contributed by atoms with Crippen molar-refractivity contribution in [2.24, 2.45) is 0 Å². The van der Waals surface area contributed by atoms with Crippen LogP contribution in [0.5, 0.6) is 0 Å². The maximum Gasteiger partial charge on any atom is 0.206 e. The quantitative estimate of drug-likeness (QED) is 0.862. The van der Waals surface area contributed by atoms with Crippen molar-refractivity contribution in [2.45, 2.75) is 29.4 Å². The van der Waals surface area contributed by atoms with Gasteiger partial charge < -0.3 is 10.1 Å². The van der Waals surface area contributed by atoms with Crippen LogP contribution < -0.4 is 5.32 Å². The second-order valence-electron chi connectivity index (χ2n) is 3.40. The lowest BCUT2D eigenvalue weighted by Crippen LogP contribution is -1.99. The molecule has 1 aliphatic rings. The number of hydrogen-bond acceptors (Lipinski definition) is 6. The zero-order valence-corrected chi connectivity index (χ0v) is 10.4. The lowest BCUT2D eigenvalue weighted by Gasteiger charge is -2.01. The average Bonchev–Trinajstić information content (AvgIpc) is 2.87. The van der Waals surface area contributed by atoms with Gasteiger partial charge >= 0.3 is 0 Å². The van der Waals surface area contributed by atoms with Crippen LogP contribution in [0.4, 0.5) is 5.13 Å². The van der Waals surface area contributed by atoms with Crippen LogP contribution in [-0.2, 0) is 4.74 Å². The molecule has 1 aromatic heterocycles. The van der Waals surface area contributed by atoms with Gasteiger partial charge in [0.2, 0.25) is 5.13 Å². The first-order valence-corrected chi connectivity index (χ1v) is 6.90. The van der Waals surface area contributed by atoms with Crippen LogP contribution in [0.3, 0.4) is 0 Å². The summed E-state index contributed by atoms with van der Waals surface area (Å²) in [6.45, 7) is 4.84. The number of nitrogens with one attached hydrogen (secondary N) is 1. The van der Waals surface area contributed by atoms with E-state index in [1.165, 1.54) is 0 Å². The van der Waals surface area contributed by atoms with Crippen molar-refractivity contribution in [3.8, 4) is 0 Å². The molecule has 0 amide bonds. The number of rotatable bonds is 5. The molecule has 2 heterocycles. The first-order chi connectivity index (χ1) is 7.38. The second kappa shape index (κ2) is 5.67. The molecule has 0 radical (unpaired) electrons. The molecule has 1 atom stereocenters. The molecule has 0 aliphatic carbocycles. The Hall–Kier alpha value is -0.330. The van der Waals surface area contributed by atoms with Crippen molar-refractivity contribution in [3.05, 3.63) is 0 Å².